The van der Waals surface area contributed by atoms with Crippen LogP contribution in [0.15, 0.2) is 46.9 Å². The number of methoxy groups -OCH3 is 1. The van der Waals surface area contributed by atoms with Crippen molar-refractivity contribution in [2.45, 2.75) is 6.92 Å². The van der Waals surface area contributed by atoms with Crippen molar-refractivity contribution in [1.29, 1.82) is 0 Å². The van der Waals surface area contributed by atoms with Crippen molar-refractivity contribution in [3.05, 3.63) is 58.1 Å². The summed E-state index contributed by atoms with van der Waals surface area (Å²) in [6, 6.07) is 12.5. The Hall–Kier alpha value is -2.34. The molecule has 0 spiro atoms. The number of para-hydroxylation sites is 1. The van der Waals surface area contributed by atoms with Gasteiger partial charge in [-0.2, -0.15) is 0 Å². The summed E-state index contributed by atoms with van der Waals surface area (Å²) in [5.74, 6) is 0.138. The van der Waals surface area contributed by atoms with Crippen molar-refractivity contribution in [2.75, 3.05) is 26.0 Å². The zero-order valence-electron chi connectivity index (χ0n) is 13.8. The Kier molecular flexibility index (Phi) is 5.98. The van der Waals surface area contributed by atoms with Gasteiger partial charge in [-0.3, -0.25) is 9.59 Å². The first-order chi connectivity index (χ1) is 11.4. The predicted octanol–water partition coefficient (Wildman–Crippen LogP) is 3.48. The molecular weight excluding hydrogens is 372 g/mol. The standard InChI is InChI=1S/C18H19BrN2O3/c1-12-8-9-13(10-16(12)24-3)18(23)21(2)11-17(22)20-15-7-5-4-6-14(15)19/h4-10H,11H2,1-3H3,(H,20,22). The summed E-state index contributed by atoms with van der Waals surface area (Å²) in [6.07, 6.45) is 0. The number of rotatable bonds is 5. The van der Waals surface area contributed by atoms with Crippen LogP contribution in [0.1, 0.15) is 15.9 Å². The second-order valence-corrected chi connectivity index (χ2v) is 6.23. The third-order valence-electron chi connectivity index (χ3n) is 3.53. The maximum absolute atomic E-state index is 12.5. The first-order valence-electron chi connectivity index (χ1n) is 7.37. The Morgan fingerprint density at radius 3 is 2.58 bits per heavy atom. The number of hydrogen-bond acceptors (Lipinski definition) is 3. The fourth-order valence-corrected chi connectivity index (χ4v) is 2.60. The van der Waals surface area contributed by atoms with Gasteiger partial charge in [-0.25, -0.2) is 0 Å². The van der Waals surface area contributed by atoms with Crippen LogP contribution < -0.4 is 10.1 Å². The molecular formula is C18H19BrN2O3. The van der Waals surface area contributed by atoms with Gasteiger partial charge in [0.2, 0.25) is 5.91 Å². The molecule has 0 aliphatic rings. The highest BCUT2D eigenvalue weighted by Crippen LogP contribution is 2.22. The van der Waals surface area contributed by atoms with E-state index < -0.39 is 0 Å². The fourth-order valence-electron chi connectivity index (χ4n) is 2.21. The van der Waals surface area contributed by atoms with E-state index in [2.05, 4.69) is 21.2 Å². The van der Waals surface area contributed by atoms with Crippen molar-refractivity contribution in [2.24, 2.45) is 0 Å². The summed E-state index contributed by atoms with van der Waals surface area (Å²) in [4.78, 5) is 26.0. The molecule has 5 nitrogen and oxygen atoms in total. The molecule has 0 aliphatic heterocycles. The van der Waals surface area contributed by atoms with Crippen molar-refractivity contribution in [3.63, 3.8) is 0 Å². The molecule has 0 aliphatic carbocycles. The number of nitrogens with one attached hydrogen (secondary N) is 1. The molecule has 24 heavy (non-hydrogen) atoms. The molecule has 126 valence electrons. The maximum atomic E-state index is 12.5. The van der Waals surface area contributed by atoms with E-state index in [1.165, 1.54) is 4.90 Å². The van der Waals surface area contributed by atoms with Crippen LogP contribution >= 0.6 is 15.9 Å². The lowest BCUT2D eigenvalue weighted by molar-refractivity contribution is -0.116. The topological polar surface area (TPSA) is 58.6 Å². The second kappa shape index (κ2) is 7.97. The molecule has 6 heteroatoms. The minimum Gasteiger partial charge on any atom is -0.496 e. The van der Waals surface area contributed by atoms with Crippen LogP contribution in [-0.4, -0.2) is 37.4 Å². The SMILES string of the molecule is COc1cc(C(=O)N(C)CC(=O)Nc2ccccc2Br)ccc1C. The average molecular weight is 391 g/mol. The smallest absolute Gasteiger partial charge is 0.254 e. The van der Waals surface area contributed by atoms with Crippen LogP contribution in [0, 0.1) is 6.92 Å². The number of carbonyl (C=O) groups excluding carboxylic acids is 2. The molecule has 0 fully saturated rings. The molecule has 1 N–H and O–H groups in total. The van der Waals surface area contributed by atoms with Gasteiger partial charge in [0, 0.05) is 17.1 Å². The van der Waals surface area contributed by atoms with Crippen LogP contribution in [0.2, 0.25) is 0 Å². The number of aryl methyl sites for hydroxylation is 1. The van der Waals surface area contributed by atoms with E-state index in [9.17, 15) is 9.59 Å². The van der Waals surface area contributed by atoms with Gasteiger partial charge in [0.15, 0.2) is 0 Å². The average Bonchev–Trinajstić information content (AvgIpc) is 2.56. The Morgan fingerprint density at radius 1 is 1.21 bits per heavy atom. The number of carbonyl (C=O) groups is 2. The highest BCUT2D eigenvalue weighted by atomic mass is 79.9. The van der Waals surface area contributed by atoms with Crippen molar-refractivity contribution < 1.29 is 14.3 Å². The van der Waals surface area contributed by atoms with Gasteiger partial charge in [-0.05, 0) is 52.7 Å². The van der Waals surface area contributed by atoms with E-state index in [1.807, 2.05) is 31.2 Å². The normalized spacial score (nSPS) is 10.2. The quantitative estimate of drug-likeness (QED) is 0.849. The minimum atomic E-state index is -0.267. The summed E-state index contributed by atoms with van der Waals surface area (Å²) in [7, 11) is 3.15. The molecule has 0 aromatic heterocycles. The first-order valence-corrected chi connectivity index (χ1v) is 8.16. The number of anilines is 1. The van der Waals surface area contributed by atoms with Crippen LogP contribution in [-0.2, 0) is 4.79 Å². The highest BCUT2D eigenvalue weighted by molar-refractivity contribution is 9.10. The zero-order valence-corrected chi connectivity index (χ0v) is 15.4. The molecule has 0 heterocycles. The van der Waals surface area contributed by atoms with E-state index in [-0.39, 0.29) is 18.4 Å². The third-order valence-corrected chi connectivity index (χ3v) is 4.22. The van der Waals surface area contributed by atoms with Crippen LogP contribution in [0.3, 0.4) is 0 Å². The number of halogens is 1. The first kappa shape index (κ1) is 18.0. The number of amides is 2. The maximum Gasteiger partial charge on any atom is 0.254 e. The Bertz CT molecular complexity index is 762. The molecule has 2 aromatic rings. The fraction of sp³-hybridized carbons (Fsp3) is 0.222. The lowest BCUT2D eigenvalue weighted by Gasteiger charge is -2.18. The lowest BCUT2D eigenvalue weighted by Crippen LogP contribution is -2.35. The van der Waals surface area contributed by atoms with Crippen LogP contribution in [0.5, 0.6) is 5.75 Å². The van der Waals surface area contributed by atoms with E-state index in [0.717, 1.165) is 10.0 Å². The minimum absolute atomic E-state index is 0.0453. The molecule has 2 aromatic carbocycles. The van der Waals surface area contributed by atoms with Gasteiger partial charge in [0.25, 0.3) is 5.91 Å². The van der Waals surface area contributed by atoms with Crippen LogP contribution in [0.25, 0.3) is 0 Å². The summed E-state index contributed by atoms with van der Waals surface area (Å²) in [5.41, 5.74) is 2.09. The summed E-state index contributed by atoms with van der Waals surface area (Å²) in [6.45, 7) is 1.86. The Morgan fingerprint density at radius 2 is 1.92 bits per heavy atom. The van der Waals surface area contributed by atoms with Gasteiger partial charge in [0.05, 0.1) is 19.3 Å². The third kappa shape index (κ3) is 4.35. The monoisotopic (exact) mass is 390 g/mol. The lowest BCUT2D eigenvalue weighted by atomic mass is 10.1. The number of hydrogen-bond donors (Lipinski definition) is 1. The van der Waals surface area contributed by atoms with Gasteiger partial charge < -0.3 is 15.0 Å². The van der Waals surface area contributed by atoms with E-state index >= 15 is 0 Å². The summed E-state index contributed by atoms with van der Waals surface area (Å²) >= 11 is 3.37. The van der Waals surface area contributed by atoms with Crippen molar-refractivity contribution in [3.8, 4) is 5.75 Å². The summed E-state index contributed by atoms with van der Waals surface area (Å²) < 4.78 is 6.02. The second-order valence-electron chi connectivity index (χ2n) is 5.37. The highest BCUT2D eigenvalue weighted by Gasteiger charge is 2.16. The van der Waals surface area contributed by atoms with Crippen molar-refractivity contribution in [1.82, 2.24) is 4.90 Å². The van der Waals surface area contributed by atoms with E-state index in [1.54, 1.807) is 32.4 Å². The van der Waals surface area contributed by atoms with Gasteiger partial charge in [-0.15, -0.1) is 0 Å². The Labute approximate surface area is 149 Å². The zero-order chi connectivity index (χ0) is 17.7. The number of ether oxygens (including phenoxy) is 1. The summed E-state index contributed by atoms with van der Waals surface area (Å²) in [5, 5.41) is 2.77. The molecule has 0 saturated carbocycles. The molecule has 0 radical (unpaired) electrons. The Balaban J connectivity index is 2.03. The number of benzene rings is 2. The number of likely N-dealkylation sites (N-methyl/N-ethyl adjacent to an activating group) is 1. The van der Waals surface area contributed by atoms with E-state index in [0.29, 0.717) is 17.0 Å². The van der Waals surface area contributed by atoms with E-state index in [4.69, 9.17) is 4.74 Å². The van der Waals surface area contributed by atoms with Crippen molar-refractivity contribution >= 4 is 33.4 Å². The van der Waals surface area contributed by atoms with Gasteiger partial charge in [-0.1, -0.05) is 18.2 Å². The largest absolute Gasteiger partial charge is 0.496 e. The number of nitrogens with zero attached hydrogens (tertiary/aromatic N) is 1. The molecule has 2 rings (SSSR count). The molecule has 2 amide bonds. The molecule has 0 atom stereocenters. The molecule has 0 unspecified atom stereocenters. The molecule has 0 saturated heterocycles. The molecule has 0 bridgehead atoms. The van der Waals surface area contributed by atoms with Gasteiger partial charge in [0.1, 0.15) is 5.75 Å². The van der Waals surface area contributed by atoms with Crippen LogP contribution in [0.4, 0.5) is 5.69 Å². The predicted molar refractivity (Wildman–Crippen MR) is 97.5 cm³/mol. The van der Waals surface area contributed by atoms with Gasteiger partial charge >= 0.3 is 0 Å².